The molecule has 3 rings (SSSR count). The second-order valence-electron chi connectivity index (χ2n) is 6.85. The zero-order chi connectivity index (χ0) is 22.5. The molecule has 0 saturated carbocycles. The third kappa shape index (κ3) is 4.73. The van der Waals surface area contributed by atoms with Crippen LogP contribution in [0, 0.1) is 5.82 Å². The van der Waals surface area contributed by atoms with Crippen LogP contribution in [0.3, 0.4) is 0 Å². The van der Waals surface area contributed by atoms with Crippen molar-refractivity contribution in [3.63, 3.8) is 0 Å². The molecule has 1 heterocycles. The topological polar surface area (TPSA) is 85.4 Å². The highest BCUT2D eigenvalue weighted by atomic mass is 19.1. The summed E-state index contributed by atoms with van der Waals surface area (Å²) in [6.07, 6.45) is -1.02. The molecule has 8 nitrogen and oxygen atoms in total. The number of amides is 3. The number of carbonyl (C=O) groups excluding carboxylic acids is 3. The van der Waals surface area contributed by atoms with Crippen LogP contribution in [0.5, 0.6) is 5.75 Å². The number of rotatable bonds is 8. The third-order valence-electron chi connectivity index (χ3n) is 5.03. The van der Waals surface area contributed by atoms with E-state index >= 15 is 0 Å². The van der Waals surface area contributed by atoms with Gasteiger partial charge in [-0.05, 0) is 42.5 Å². The quantitative estimate of drug-likeness (QED) is 0.472. The van der Waals surface area contributed by atoms with Crippen molar-refractivity contribution < 1.29 is 33.0 Å². The van der Waals surface area contributed by atoms with E-state index in [0.717, 1.165) is 17.0 Å². The molecule has 1 atom stereocenters. The SMILES string of the molecule is COc1cccc(C(=O)N(CC(OC)OC)C2CC(=O)N(c3ccc(F)cc3)C2=O)c1. The monoisotopic (exact) mass is 430 g/mol. The van der Waals surface area contributed by atoms with Gasteiger partial charge in [0, 0.05) is 19.8 Å². The van der Waals surface area contributed by atoms with E-state index in [2.05, 4.69) is 0 Å². The summed E-state index contributed by atoms with van der Waals surface area (Å²) in [6, 6.07) is 10.4. The van der Waals surface area contributed by atoms with Crippen LogP contribution >= 0.6 is 0 Å². The maximum Gasteiger partial charge on any atom is 0.257 e. The zero-order valence-corrected chi connectivity index (χ0v) is 17.4. The maximum atomic E-state index is 13.3. The Hall–Kier alpha value is -3.30. The van der Waals surface area contributed by atoms with E-state index in [-0.39, 0.29) is 24.2 Å². The van der Waals surface area contributed by atoms with Crippen LogP contribution in [-0.4, -0.2) is 62.8 Å². The molecule has 0 aliphatic carbocycles. The Morgan fingerprint density at radius 1 is 1.13 bits per heavy atom. The summed E-state index contributed by atoms with van der Waals surface area (Å²) >= 11 is 0. The highest BCUT2D eigenvalue weighted by Gasteiger charge is 2.45. The molecule has 1 saturated heterocycles. The van der Waals surface area contributed by atoms with Crippen LogP contribution < -0.4 is 9.64 Å². The van der Waals surface area contributed by atoms with E-state index in [4.69, 9.17) is 14.2 Å². The van der Waals surface area contributed by atoms with Gasteiger partial charge >= 0.3 is 0 Å². The lowest BCUT2D eigenvalue weighted by molar-refractivity contribution is -0.128. The van der Waals surface area contributed by atoms with Crippen LogP contribution in [0.2, 0.25) is 0 Å². The summed E-state index contributed by atoms with van der Waals surface area (Å²) in [6.45, 7) is -0.0794. The number of nitrogens with zero attached hydrogens (tertiary/aromatic N) is 2. The molecule has 31 heavy (non-hydrogen) atoms. The van der Waals surface area contributed by atoms with Gasteiger partial charge in [-0.15, -0.1) is 0 Å². The summed E-state index contributed by atoms with van der Waals surface area (Å²) < 4.78 is 28.9. The smallest absolute Gasteiger partial charge is 0.257 e. The van der Waals surface area contributed by atoms with Gasteiger partial charge in [-0.3, -0.25) is 14.4 Å². The van der Waals surface area contributed by atoms with Crippen LogP contribution in [0.4, 0.5) is 10.1 Å². The molecule has 0 N–H and O–H groups in total. The Kier molecular flexibility index (Phi) is 6.98. The van der Waals surface area contributed by atoms with Gasteiger partial charge in [-0.1, -0.05) is 6.07 Å². The van der Waals surface area contributed by atoms with Crippen LogP contribution in [0.25, 0.3) is 0 Å². The molecule has 1 aliphatic rings. The normalized spacial score (nSPS) is 16.2. The molecule has 0 bridgehead atoms. The molecule has 1 aliphatic heterocycles. The number of ether oxygens (including phenoxy) is 3. The van der Waals surface area contributed by atoms with E-state index in [9.17, 15) is 18.8 Å². The van der Waals surface area contributed by atoms with Gasteiger partial charge in [-0.25, -0.2) is 9.29 Å². The molecule has 2 aromatic rings. The molecule has 0 spiro atoms. The summed E-state index contributed by atoms with van der Waals surface area (Å²) in [4.78, 5) is 41.4. The number of methoxy groups -OCH3 is 3. The van der Waals surface area contributed by atoms with E-state index in [0.29, 0.717) is 5.75 Å². The molecule has 3 amide bonds. The second-order valence-corrected chi connectivity index (χ2v) is 6.85. The summed E-state index contributed by atoms with van der Waals surface area (Å²) in [5, 5.41) is 0. The second kappa shape index (κ2) is 9.67. The van der Waals surface area contributed by atoms with Crippen molar-refractivity contribution in [2.45, 2.75) is 18.8 Å². The van der Waals surface area contributed by atoms with E-state index in [1.54, 1.807) is 24.3 Å². The minimum absolute atomic E-state index is 0.0794. The minimum Gasteiger partial charge on any atom is -0.497 e. The van der Waals surface area contributed by atoms with E-state index in [1.807, 2.05) is 0 Å². The molecule has 0 radical (unpaired) electrons. The number of benzene rings is 2. The number of hydrogen-bond acceptors (Lipinski definition) is 6. The maximum absolute atomic E-state index is 13.3. The average molecular weight is 430 g/mol. The molecular formula is C22H23FN2O6. The zero-order valence-electron chi connectivity index (χ0n) is 17.4. The Bertz CT molecular complexity index is 961. The number of hydrogen-bond donors (Lipinski definition) is 0. The van der Waals surface area contributed by atoms with Gasteiger partial charge in [0.25, 0.3) is 11.8 Å². The Labute approximate surface area is 179 Å². The minimum atomic E-state index is -1.07. The first-order valence-corrected chi connectivity index (χ1v) is 9.52. The van der Waals surface area contributed by atoms with Crippen molar-refractivity contribution in [3.05, 3.63) is 59.9 Å². The summed E-state index contributed by atoms with van der Waals surface area (Å²) in [5.41, 5.74) is 0.522. The predicted octanol–water partition coefficient (Wildman–Crippen LogP) is 2.23. The van der Waals surface area contributed by atoms with Crippen LogP contribution in [0.15, 0.2) is 48.5 Å². The molecule has 2 aromatic carbocycles. The Morgan fingerprint density at radius 2 is 1.81 bits per heavy atom. The number of carbonyl (C=O) groups is 3. The van der Waals surface area contributed by atoms with Gasteiger partial charge in [0.15, 0.2) is 6.29 Å². The fourth-order valence-electron chi connectivity index (χ4n) is 3.40. The van der Waals surface area contributed by atoms with Crippen molar-refractivity contribution in [1.82, 2.24) is 4.90 Å². The first-order chi connectivity index (χ1) is 14.9. The third-order valence-corrected chi connectivity index (χ3v) is 5.03. The fourth-order valence-corrected chi connectivity index (χ4v) is 3.40. The number of imide groups is 1. The van der Waals surface area contributed by atoms with Crippen molar-refractivity contribution in [2.24, 2.45) is 0 Å². The largest absolute Gasteiger partial charge is 0.497 e. The molecule has 9 heteroatoms. The summed E-state index contributed by atoms with van der Waals surface area (Å²) in [7, 11) is 4.30. The van der Waals surface area contributed by atoms with Crippen molar-refractivity contribution in [1.29, 1.82) is 0 Å². The van der Waals surface area contributed by atoms with Gasteiger partial charge < -0.3 is 19.1 Å². The van der Waals surface area contributed by atoms with Gasteiger partial charge in [0.2, 0.25) is 5.91 Å². The first-order valence-electron chi connectivity index (χ1n) is 9.52. The van der Waals surface area contributed by atoms with Crippen LogP contribution in [0.1, 0.15) is 16.8 Å². The van der Waals surface area contributed by atoms with Gasteiger partial charge in [0.05, 0.1) is 25.8 Å². The van der Waals surface area contributed by atoms with Gasteiger partial charge in [-0.2, -0.15) is 0 Å². The lowest BCUT2D eigenvalue weighted by Gasteiger charge is -2.30. The highest BCUT2D eigenvalue weighted by Crippen LogP contribution is 2.27. The average Bonchev–Trinajstić information content (AvgIpc) is 3.08. The Balaban J connectivity index is 1.95. The van der Waals surface area contributed by atoms with E-state index in [1.165, 1.54) is 38.4 Å². The van der Waals surface area contributed by atoms with Crippen molar-refractivity contribution in [3.8, 4) is 5.75 Å². The standard InChI is InChI=1S/C22H23FN2O6/c1-29-17-6-4-5-14(11-17)21(27)24(13-20(30-2)31-3)18-12-19(26)25(22(18)28)16-9-7-15(23)8-10-16/h4-11,18,20H,12-13H2,1-3H3. The molecule has 1 unspecified atom stereocenters. The highest BCUT2D eigenvalue weighted by molar-refractivity contribution is 6.23. The van der Waals surface area contributed by atoms with Crippen molar-refractivity contribution >= 4 is 23.4 Å². The lowest BCUT2D eigenvalue weighted by Crippen LogP contribution is -2.49. The van der Waals surface area contributed by atoms with Crippen molar-refractivity contribution in [2.75, 3.05) is 32.8 Å². The number of anilines is 1. The summed E-state index contributed by atoms with van der Waals surface area (Å²) in [5.74, 6) is -1.57. The molecule has 0 aromatic heterocycles. The fraction of sp³-hybridized carbons (Fsp3) is 0.318. The van der Waals surface area contributed by atoms with Gasteiger partial charge in [0.1, 0.15) is 17.6 Å². The van der Waals surface area contributed by atoms with E-state index < -0.39 is 35.9 Å². The first kappa shape index (κ1) is 22.4. The molecule has 164 valence electrons. The molecular weight excluding hydrogens is 407 g/mol. The lowest BCUT2D eigenvalue weighted by atomic mass is 10.1. The number of halogens is 1. The van der Waals surface area contributed by atoms with Crippen LogP contribution in [-0.2, 0) is 19.1 Å². The molecule has 1 fully saturated rings. The Morgan fingerprint density at radius 3 is 2.42 bits per heavy atom. The predicted molar refractivity (Wildman–Crippen MR) is 109 cm³/mol.